The first kappa shape index (κ1) is 9.84. The Hall–Kier alpha value is -2.36. The van der Waals surface area contributed by atoms with Gasteiger partial charge in [0.15, 0.2) is 0 Å². The van der Waals surface area contributed by atoms with E-state index in [-0.39, 0.29) is 5.82 Å². The Labute approximate surface area is 97.3 Å². The maximum atomic E-state index is 13.1. The third-order valence-corrected chi connectivity index (χ3v) is 2.67. The minimum Gasteiger partial charge on any atom is -0.383 e. The van der Waals surface area contributed by atoms with E-state index in [0.717, 1.165) is 5.56 Å². The summed E-state index contributed by atoms with van der Waals surface area (Å²) in [5.41, 5.74) is 8.22. The molecule has 2 N–H and O–H groups in total. The van der Waals surface area contributed by atoms with Crippen molar-refractivity contribution >= 4 is 11.5 Å². The van der Waals surface area contributed by atoms with Gasteiger partial charge in [0, 0.05) is 11.8 Å². The van der Waals surface area contributed by atoms with Crippen molar-refractivity contribution < 1.29 is 4.39 Å². The highest BCUT2D eigenvalue weighted by Gasteiger charge is 2.10. The third kappa shape index (κ3) is 1.54. The number of rotatable bonds is 1. The Kier molecular flexibility index (Phi) is 2.08. The van der Waals surface area contributed by atoms with Crippen molar-refractivity contribution in [3.8, 4) is 11.3 Å². The zero-order chi connectivity index (χ0) is 11.8. The maximum absolute atomic E-state index is 13.1. The number of benzene rings is 1. The zero-order valence-corrected chi connectivity index (χ0v) is 8.97. The number of halogens is 1. The second kappa shape index (κ2) is 3.59. The number of nitrogens with zero attached hydrogens (tertiary/aromatic N) is 2. The second-order valence-corrected chi connectivity index (χ2v) is 3.79. The van der Waals surface area contributed by atoms with E-state index >= 15 is 0 Å². The third-order valence-electron chi connectivity index (χ3n) is 2.67. The summed E-state index contributed by atoms with van der Waals surface area (Å²) in [5, 5.41) is 0. The van der Waals surface area contributed by atoms with Gasteiger partial charge in [-0.1, -0.05) is 30.3 Å². The molecule has 84 valence electrons. The van der Waals surface area contributed by atoms with Gasteiger partial charge in [-0.15, -0.1) is 0 Å². The number of hydrogen-bond acceptors (Lipinski definition) is 2. The van der Waals surface area contributed by atoms with Crippen LogP contribution >= 0.6 is 0 Å². The van der Waals surface area contributed by atoms with Crippen LogP contribution in [0.15, 0.2) is 48.7 Å². The standard InChI is InChI=1S/C13H10FN3/c14-10-6-7-11-16-12(13(15)17(11)8-10)9-4-2-1-3-5-9/h1-8H,15H2. The Balaban J connectivity index is 2.28. The highest BCUT2D eigenvalue weighted by molar-refractivity contribution is 5.74. The van der Waals surface area contributed by atoms with Crippen molar-refractivity contribution in [3.63, 3.8) is 0 Å². The second-order valence-electron chi connectivity index (χ2n) is 3.79. The summed E-state index contributed by atoms with van der Waals surface area (Å²) in [6, 6.07) is 12.6. The molecule has 3 aromatic rings. The van der Waals surface area contributed by atoms with Crippen molar-refractivity contribution in [2.45, 2.75) is 0 Å². The predicted octanol–water partition coefficient (Wildman–Crippen LogP) is 2.72. The number of pyridine rings is 1. The van der Waals surface area contributed by atoms with Crippen LogP contribution in [0.2, 0.25) is 0 Å². The van der Waals surface area contributed by atoms with Gasteiger partial charge in [0.25, 0.3) is 0 Å². The fourth-order valence-electron chi connectivity index (χ4n) is 1.85. The summed E-state index contributed by atoms with van der Waals surface area (Å²) in [7, 11) is 0. The van der Waals surface area contributed by atoms with Gasteiger partial charge >= 0.3 is 0 Å². The van der Waals surface area contributed by atoms with E-state index in [1.165, 1.54) is 12.3 Å². The minimum absolute atomic E-state index is 0.332. The summed E-state index contributed by atoms with van der Waals surface area (Å²) >= 11 is 0. The van der Waals surface area contributed by atoms with Gasteiger partial charge < -0.3 is 5.73 Å². The van der Waals surface area contributed by atoms with Crippen LogP contribution in [-0.2, 0) is 0 Å². The molecular formula is C13H10FN3. The molecule has 0 atom stereocenters. The molecule has 3 rings (SSSR count). The summed E-state index contributed by atoms with van der Waals surface area (Å²) in [6.45, 7) is 0. The molecule has 0 aliphatic rings. The predicted molar refractivity (Wildman–Crippen MR) is 65.0 cm³/mol. The Morgan fingerprint density at radius 1 is 1.06 bits per heavy atom. The number of nitrogens with two attached hydrogens (primary N) is 1. The number of anilines is 1. The zero-order valence-electron chi connectivity index (χ0n) is 8.97. The van der Waals surface area contributed by atoms with Gasteiger partial charge in [0.2, 0.25) is 0 Å². The lowest BCUT2D eigenvalue weighted by molar-refractivity contribution is 0.619. The van der Waals surface area contributed by atoms with Crippen molar-refractivity contribution in [1.29, 1.82) is 0 Å². The molecule has 0 aliphatic carbocycles. The monoisotopic (exact) mass is 227 g/mol. The smallest absolute Gasteiger partial charge is 0.140 e. The molecule has 3 nitrogen and oxygen atoms in total. The molecule has 0 saturated carbocycles. The molecule has 0 spiro atoms. The molecule has 0 amide bonds. The van der Waals surface area contributed by atoms with Crippen molar-refractivity contribution in [1.82, 2.24) is 9.38 Å². The largest absolute Gasteiger partial charge is 0.383 e. The normalized spacial score (nSPS) is 10.9. The van der Waals surface area contributed by atoms with Crippen molar-refractivity contribution in [2.24, 2.45) is 0 Å². The van der Waals surface area contributed by atoms with Crippen LogP contribution in [0.5, 0.6) is 0 Å². The summed E-state index contributed by atoms with van der Waals surface area (Å²) in [4.78, 5) is 4.39. The van der Waals surface area contributed by atoms with Gasteiger partial charge in [0.05, 0.1) is 0 Å². The molecule has 1 aromatic carbocycles. The molecular weight excluding hydrogens is 217 g/mol. The van der Waals surface area contributed by atoms with Crippen LogP contribution < -0.4 is 5.73 Å². The molecule has 0 fully saturated rings. The van der Waals surface area contributed by atoms with Crippen LogP contribution in [0, 0.1) is 5.82 Å². The highest BCUT2D eigenvalue weighted by atomic mass is 19.1. The van der Waals surface area contributed by atoms with Gasteiger partial charge in [-0.05, 0) is 12.1 Å². The van der Waals surface area contributed by atoms with Crippen molar-refractivity contribution in [3.05, 3.63) is 54.5 Å². The summed E-state index contributed by atoms with van der Waals surface area (Å²) < 4.78 is 14.7. The average Bonchev–Trinajstić information content (AvgIpc) is 2.68. The van der Waals surface area contributed by atoms with Gasteiger partial charge in [-0.2, -0.15) is 0 Å². The number of fused-ring (bicyclic) bond motifs is 1. The molecule has 2 heterocycles. The van der Waals surface area contributed by atoms with Crippen LogP contribution in [0.25, 0.3) is 16.9 Å². The van der Waals surface area contributed by atoms with E-state index < -0.39 is 0 Å². The summed E-state index contributed by atoms with van der Waals surface area (Å²) in [6.07, 6.45) is 1.34. The quantitative estimate of drug-likeness (QED) is 0.694. The lowest BCUT2D eigenvalue weighted by atomic mass is 10.1. The van der Waals surface area contributed by atoms with Gasteiger partial charge in [-0.3, -0.25) is 4.40 Å². The van der Waals surface area contributed by atoms with E-state index in [4.69, 9.17) is 5.73 Å². The molecule has 2 aromatic heterocycles. The van der Waals surface area contributed by atoms with Crippen molar-refractivity contribution in [2.75, 3.05) is 5.73 Å². The number of aromatic nitrogens is 2. The first-order valence-electron chi connectivity index (χ1n) is 5.24. The van der Waals surface area contributed by atoms with E-state index in [1.54, 1.807) is 10.5 Å². The van der Waals surface area contributed by atoms with Crippen LogP contribution in [0.1, 0.15) is 0 Å². The van der Waals surface area contributed by atoms with E-state index in [1.807, 2.05) is 30.3 Å². The van der Waals surface area contributed by atoms with E-state index in [0.29, 0.717) is 17.2 Å². The van der Waals surface area contributed by atoms with E-state index in [9.17, 15) is 4.39 Å². The Morgan fingerprint density at radius 3 is 2.59 bits per heavy atom. The molecule has 4 heteroatoms. The van der Waals surface area contributed by atoms with Crippen LogP contribution in [0.4, 0.5) is 10.2 Å². The summed E-state index contributed by atoms with van der Waals surface area (Å²) in [5.74, 6) is 0.118. The maximum Gasteiger partial charge on any atom is 0.140 e. The topological polar surface area (TPSA) is 43.3 Å². The number of imidazole rings is 1. The number of nitrogen functional groups attached to an aromatic ring is 1. The lowest BCUT2D eigenvalue weighted by Gasteiger charge is -1.98. The Bertz CT molecular complexity index is 674. The number of hydrogen-bond donors (Lipinski definition) is 1. The molecule has 0 aliphatic heterocycles. The minimum atomic E-state index is -0.332. The lowest BCUT2D eigenvalue weighted by Crippen LogP contribution is -1.94. The Morgan fingerprint density at radius 2 is 1.82 bits per heavy atom. The molecule has 0 unspecified atom stereocenters. The van der Waals surface area contributed by atoms with Gasteiger partial charge in [0.1, 0.15) is 23.0 Å². The fraction of sp³-hybridized carbons (Fsp3) is 0. The molecule has 0 radical (unpaired) electrons. The molecule has 0 saturated heterocycles. The average molecular weight is 227 g/mol. The fourth-order valence-corrected chi connectivity index (χ4v) is 1.85. The highest BCUT2D eigenvalue weighted by Crippen LogP contribution is 2.26. The van der Waals surface area contributed by atoms with Crippen LogP contribution in [-0.4, -0.2) is 9.38 Å². The SMILES string of the molecule is Nc1c(-c2ccccc2)nc2ccc(F)cn12. The van der Waals surface area contributed by atoms with E-state index in [2.05, 4.69) is 4.98 Å². The van der Waals surface area contributed by atoms with Crippen LogP contribution in [0.3, 0.4) is 0 Å². The molecule has 17 heavy (non-hydrogen) atoms. The van der Waals surface area contributed by atoms with Gasteiger partial charge in [-0.25, -0.2) is 9.37 Å². The first-order valence-corrected chi connectivity index (χ1v) is 5.24. The molecule has 0 bridgehead atoms. The first-order chi connectivity index (χ1) is 8.25.